The molecule has 7 nitrogen and oxygen atoms in total. The average Bonchev–Trinajstić information content (AvgIpc) is 3.30. The first kappa shape index (κ1) is 19.2. The molecule has 0 radical (unpaired) electrons. The summed E-state index contributed by atoms with van der Waals surface area (Å²) in [5, 5.41) is 28.3. The zero-order valence-corrected chi connectivity index (χ0v) is 17.3. The van der Waals surface area contributed by atoms with Crippen molar-refractivity contribution in [2.75, 3.05) is 10.6 Å². The molecule has 4 N–H and O–H groups in total. The van der Waals surface area contributed by atoms with Gasteiger partial charge in [-0.3, -0.25) is 0 Å². The predicted octanol–water partition coefficient (Wildman–Crippen LogP) is 3.17. The Balaban J connectivity index is 1.41. The van der Waals surface area contributed by atoms with Crippen LogP contribution in [0.2, 0.25) is 0 Å². The molecule has 0 saturated heterocycles. The first-order chi connectivity index (χ1) is 15.7. The Hall–Kier alpha value is -3.55. The van der Waals surface area contributed by atoms with E-state index in [0.717, 1.165) is 22.3 Å². The lowest BCUT2D eigenvalue weighted by molar-refractivity contribution is 0.164. The Morgan fingerprint density at radius 2 is 1.25 bits per heavy atom. The van der Waals surface area contributed by atoms with Crippen molar-refractivity contribution in [3.8, 4) is 0 Å². The Morgan fingerprint density at radius 3 is 1.88 bits per heavy atom. The molecular weight excluding hydrogens is 402 g/mol. The third-order valence-electron chi connectivity index (χ3n) is 6.43. The highest BCUT2D eigenvalue weighted by atomic mass is 16.3. The molecule has 0 amide bonds. The van der Waals surface area contributed by atoms with E-state index in [9.17, 15) is 10.2 Å². The number of hydrogen-bond donors (Lipinski definition) is 4. The topological polar surface area (TPSA) is 103 Å². The summed E-state index contributed by atoms with van der Waals surface area (Å²) in [6.07, 6.45) is 1.73. The number of fused-ring (bicyclic) bond motifs is 3. The molecule has 0 aliphatic heterocycles. The van der Waals surface area contributed by atoms with Crippen LogP contribution >= 0.6 is 0 Å². The first-order valence-electron chi connectivity index (χ1n) is 10.8. The summed E-state index contributed by atoms with van der Waals surface area (Å²) in [5.41, 5.74) is 5.55. The number of rotatable bonds is 4. The van der Waals surface area contributed by atoms with E-state index in [-0.39, 0.29) is 12.1 Å². The fourth-order valence-corrected chi connectivity index (χ4v) is 4.89. The largest absolute Gasteiger partial charge is 0.390 e. The lowest BCUT2D eigenvalue weighted by Crippen LogP contribution is -2.25. The Labute approximate surface area is 185 Å². The van der Waals surface area contributed by atoms with E-state index in [2.05, 4.69) is 15.6 Å². The lowest BCUT2D eigenvalue weighted by Gasteiger charge is -2.24. The van der Waals surface area contributed by atoms with Gasteiger partial charge in [-0.2, -0.15) is 0 Å². The van der Waals surface area contributed by atoms with Crippen molar-refractivity contribution in [2.24, 2.45) is 0 Å². The van der Waals surface area contributed by atoms with E-state index in [1.807, 2.05) is 60.7 Å². The molecule has 4 aromatic rings. The van der Waals surface area contributed by atoms with Gasteiger partial charge in [0.1, 0.15) is 5.52 Å². The smallest absolute Gasteiger partial charge is 0.180 e. The SMILES string of the molecule is O[C@@H]1Cc2ccccc2[C@@H]1Nc1nc2cccnc2nc1N[C@H]1c2ccccc2C[C@H]1O. The second-order valence-corrected chi connectivity index (χ2v) is 8.45. The number of aliphatic hydroxyl groups is 2. The Bertz CT molecular complexity index is 1210. The number of pyridine rings is 1. The quantitative estimate of drug-likeness (QED) is 0.398. The van der Waals surface area contributed by atoms with Gasteiger partial charge in [0.2, 0.25) is 0 Å². The highest BCUT2D eigenvalue weighted by Crippen LogP contribution is 2.38. The minimum atomic E-state index is -0.570. The molecule has 2 heterocycles. The van der Waals surface area contributed by atoms with Gasteiger partial charge in [0.15, 0.2) is 17.3 Å². The third kappa shape index (κ3) is 3.18. The maximum atomic E-state index is 10.7. The summed E-state index contributed by atoms with van der Waals surface area (Å²) in [6.45, 7) is 0. The van der Waals surface area contributed by atoms with E-state index in [4.69, 9.17) is 9.97 Å². The second kappa shape index (κ2) is 7.55. The standard InChI is InChI=1S/C25H23N5O2/c31-19-12-14-6-1-3-8-16(14)21(19)28-24-25(30-23-18(27-24)10-5-11-26-23)29-22-17-9-4-2-7-15(17)13-20(22)32/h1-11,19-22,31-32H,12-13H2,(H,27,28)(H,26,29,30)/t19-,20-,21+,22+/m1/s1. The van der Waals surface area contributed by atoms with E-state index >= 15 is 0 Å². The maximum Gasteiger partial charge on any atom is 0.180 e. The molecular formula is C25H23N5O2. The van der Waals surface area contributed by atoms with Crippen LogP contribution < -0.4 is 10.6 Å². The van der Waals surface area contributed by atoms with Crippen molar-refractivity contribution < 1.29 is 10.2 Å². The van der Waals surface area contributed by atoms with Crippen LogP contribution in [0, 0.1) is 0 Å². The van der Waals surface area contributed by atoms with Gasteiger partial charge in [0.25, 0.3) is 0 Å². The van der Waals surface area contributed by atoms with Crippen LogP contribution in [0.1, 0.15) is 34.3 Å². The monoisotopic (exact) mass is 425 g/mol. The third-order valence-corrected chi connectivity index (χ3v) is 6.43. The normalized spacial score (nSPS) is 23.7. The fourth-order valence-electron chi connectivity index (χ4n) is 4.89. The van der Waals surface area contributed by atoms with Gasteiger partial charge in [-0.25, -0.2) is 15.0 Å². The van der Waals surface area contributed by atoms with Crippen molar-refractivity contribution >= 4 is 22.8 Å². The van der Waals surface area contributed by atoms with Gasteiger partial charge >= 0.3 is 0 Å². The van der Waals surface area contributed by atoms with E-state index < -0.39 is 12.2 Å². The minimum Gasteiger partial charge on any atom is -0.390 e. The molecule has 7 heteroatoms. The molecule has 2 aromatic carbocycles. The molecule has 0 spiro atoms. The van der Waals surface area contributed by atoms with Crippen LogP contribution in [-0.4, -0.2) is 37.4 Å². The molecule has 4 atom stereocenters. The average molecular weight is 425 g/mol. The van der Waals surface area contributed by atoms with E-state index in [1.165, 1.54) is 0 Å². The van der Waals surface area contributed by atoms with Crippen LogP contribution in [0.5, 0.6) is 0 Å². The fraction of sp³-hybridized carbons (Fsp3) is 0.240. The molecule has 0 unspecified atom stereocenters. The molecule has 0 fully saturated rings. The van der Waals surface area contributed by atoms with Gasteiger partial charge < -0.3 is 20.8 Å². The predicted molar refractivity (Wildman–Crippen MR) is 122 cm³/mol. The van der Waals surface area contributed by atoms with Gasteiger partial charge in [0.05, 0.1) is 24.3 Å². The van der Waals surface area contributed by atoms with Crippen LogP contribution in [0.4, 0.5) is 11.6 Å². The molecule has 0 bridgehead atoms. The van der Waals surface area contributed by atoms with Gasteiger partial charge in [-0.15, -0.1) is 0 Å². The second-order valence-electron chi connectivity index (χ2n) is 8.45. The molecule has 0 saturated carbocycles. The highest BCUT2D eigenvalue weighted by molar-refractivity contribution is 5.77. The lowest BCUT2D eigenvalue weighted by atomic mass is 10.1. The number of anilines is 2. The van der Waals surface area contributed by atoms with E-state index in [0.29, 0.717) is 35.6 Å². The number of nitrogens with one attached hydrogen (secondary N) is 2. The van der Waals surface area contributed by atoms with Crippen LogP contribution in [0.15, 0.2) is 66.9 Å². The first-order valence-corrected chi connectivity index (χ1v) is 10.8. The number of aromatic nitrogens is 3. The maximum absolute atomic E-state index is 10.7. The zero-order chi connectivity index (χ0) is 21.7. The molecule has 6 rings (SSSR count). The molecule has 160 valence electrons. The van der Waals surface area contributed by atoms with Gasteiger partial charge in [0, 0.05) is 19.0 Å². The van der Waals surface area contributed by atoms with Crippen molar-refractivity contribution in [3.63, 3.8) is 0 Å². The summed E-state index contributed by atoms with van der Waals surface area (Å²) < 4.78 is 0. The molecule has 2 aromatic heterocycles. The van der Waals surface area contributed by atoms with Crippen molar-refractivity contribution in [1.29, 1.82) is 0 Å². The molecule has 32 heavy (non-hydrogen) atoms. The molecule has 2 aliphatic rings. The Kier molecular flexibility index (Phi) is 4.52. The van der Waals surface area contributed by atoms with Crippen molar-refractivity contribution in [1.82, 2.24) is 15.0 Å². The summed E-state index contributed by atoms with van der Waals surface area (Å²) in [4.78, 5) is 13.9. The number of hydrogen-bond acceptors (Lipinski definition) is 7. The zero-order valence-electron chi connectivity index (χ0n) is 17.3. The Morgan fingerprint density at radius 1 is 0.688 bits per heavy atom. The summed E-state index contributed by atoms with van der Waals surface area (Å²) in [6, 6.07) is 19.2. The number of aliphatic hydroxyl groups excluding tert-OH is 2. The summed E-state index contributed by atoms with van der Waals surface area (Å²) in [5.74, 6) is 1.04. The van der Waals surface area contributed by atoms with Crippen LogP contribution in [0.3, 0.4) is 0 Å². The minimum absolute atomic E-state index is 0.295. The van der Waals surface area contributed by atoms with Crippen molar-refractivity contribution in [3.05, 3.63) is 89.1 Å². The van der Waals surface area contributed by atoms with Gasteiger partial charge in [-0.05, 0) is 34.4 Å². The highest BCUT2D eigenvalue weighted by Gasteiger charge is 2.34. The summed E-state index contributed by atoms with van der Waals surface area (Å²) >= 11 is 0. The molecule has 2 aliphatic carbocycles. The van der Waals surface area contributed by atoms with E-state index in [1.54, 1.807) is 6.20 Å². The van der Waals surface area contributed by atoms with Crippen molar-refractivity contribution in [2.45, 2.75) is 37.1 Å². The van der Waals surface area contributed by atoms with Gasteiger partial charge in [-0.1, -0.05) is 48.5 Å². The number of nitrogens with zero attached hydrogens (tertiary/aromatic N) is 3. The summed E-state index contributed by atoms with van der Waals surface area (Å²) in [7, 11) is 0. The van der Waals surface area contributed by atoms with Crippen LogP contribution in [0.25, 0.3) is 11.2 Å². The van der Waals surface area contributed by atoms with Crippen LogP contribution in [-0.2, 0) is 12.8 Å². The number of benzene rings is 2.